The molecule has 11 heteroatoms. The minimum Gasteiger partial charge on any atom is -0.382 e. The van der Waals surface area contributed by atoms with Gasteiger partial charge < -0.3 is 10.6 Å². The van der Waals surface area contributed by atoms with Crippen molar-refractivity contribution in [1.29, 1.82) is 0 Å². The molecule has 1 aliphatic heterocycles. The predicted octanol–water partition coefficient (Wildman–Crippen LogP) is 2.82. The van der Waals surface area contributed by atoms with E-state index in [9.17, 15) is 13.2 Å². The second-order valence-electron chi connectivity index (χ2n) is 5.69. The van der Waals surface area contributed by atoms with Gasteiger partial charge in [-0.25, -0.2) is 18.4 Å². The lowest BCUT2D eigenvalue weighted by Crippen LogP contribution is -2.36. The molecular formula is C15H17BrN4O3S3. The van der Waals surface area contributed by atoms with E-state index in [1.54, 1.807) is 6.07 Å². The molecule has 26 heavy (non-hydrogen) atoms. The Labute approximate surface area is 168 Å². The van der Waals surface area contributed by atoms with Crippen LogP contribution in [0.2, 0.25) is 0 Å². The van der Waals surface area contributed by atoms with Gasteiger partial charge >= 0.3 is 0 Å². The van der Waals surface area contributed by atoms with Gasteiger partial charge in [-0.05, 0) is 47.3 Å². The Bertz CT molecular complexity index is 911. The molecule has 0 aromatic carbocycles. The first-order valence-corrected chi connectivity index (χ1v) is 12.0. The van der Waals surface area contributed by atoms with Crippen LogP contribution in [0.25, 0.3) is 0 Å². The van der Waals surface area contributed by atoms with E-state index in [0.717, 1.165) is 55.5 Å². The predicted molar refractivity (Wildman–Crippen MR) is 105 cm³/mol. The number of sulfone groups is 1. The topological polar surface area (TPSA) is 106 Å². The Kier molecular flexibility index (Phi) is 6.21. The van der Waals surface area contributed by atoms with Crippen molar-refractivity contribution < 1.29 is 13.2 Å². The first kappa shape index (κ1) is 19.6. The summed E-state index contributed by atoms with van der Waals surface area (Å²) in [5.41, 5.74) is 5.85. The number of thiophene rings is 1. The lowest BCUT2D eigenvalue weighted by atomic mass is 10.1. The monoisotopic (exact) mass is 476 g/mol. The summed E-state index contributed by atoms with van der Waals surface area (Å²) >= 11 is 5.50. The smallest absolute Gasteiger partial charge is 0.233 e. The van der Waals surface area contributed by atoms with Crippen molar-refractivity contribution in [3.63, 3.8) is 0 Å². The highest BCUT2D eigenvalue weighted by atomic mass is 79.9. The van der Waals surface area contributed by atoms with Crippen LogP contribution in [-0.4, -0.2) is 48.0 Å². The highest BCUT2D eigenvalue weighted by molar-refractivity contribution is 9.11. The number of hydrogen-bond acceptors (Lipinski definition) is 8. The SMILES string of the molecule is Nc1nc(SCC(=O)N2CCCCC2)ncc1S(=O)(=O)c1ccc(Br)s1. The van der Waals surface area contributed by atoms with E-state index >= 15 is 0 Å². The first-order chi connectivity index (χ1) is 12.4. The summed E-state index contributed by atoms with van der Waals surface area (Å²) < 4.78 is 26.1. The van der Waals surface area contributed by atoms with Gasteiger partial charge in [-0.15, -0.1) is 11.3 Å². The number of halogens is 1. The molecule has 0 spiro atoms. The van der Waals surface area contributed by atoms with Gasteiger partial charge in [0.05, 0.1) is 15.7 Å². The summed E-state index contributed by atoms with van der Waals surface area (Å²) in [6.07, 6.45) is 4.43. The molecule has 0 saturated carbocycles. The fourth-order valence-corrected chi connectivity index (χ4v) is 6.68. The van der Waals surface area contributed by atoms with Crippen molar-refractivity contribution in [2.45, 2.75) is 33.5 Å². The lowest BCUT2D eigenvalue weighted by molar-refractivity contribution is -0.129. The lowest BCUT2D eigenvalue weighted by Gasteiger charge is -2.26. The largest absolute Gasteiger partial charge is 0.382 e. The summed E-state index contributed by atoms with van der Waals surface area (Å²) in [5.74, 6) is 0.137. The van der Waals surface area contributed by atoms with Crippen LogP contribution in [0.15, 0.2) is 36.4 Å². The highest BCUT2D eigenvalue weighted by Crippen LogP contribution is 2.32. The molecule has 1 amide bonds. The molecule has 2 aromatic heterocycles. The summed E-state index contributed by atoms with van der Waals surface area (Å²) in [4.78, 5) is 22.0. The summed E-state index contributed by atoms with van der Waals surface area (Å²) in [7, 11) is -3.76. The third-order valence-electron chi connectivity index (χ3n) is 3.90. The number of nitrogens with zero attached hydrogens (tertiary/aromatic N) is 3. The molecule has 3 heterocycles. The molecule has 0 unspecified atom stereocenters. The quantitative estimate of drug-likeness (QED) is 0.521. The van der Waals surface area contributed by atoms with Crippen LogP contribution in [0.3, 0.4) is 0 Å². The number of likely N-dealkylation sites (tertiary alicyclic amines) is 1. The number of nitrogen functional groups attached to an aromatic ring is 1. The van der Waals surface area contributed by atoms with Crippen LogP contribution < -0.4 is 5.73 Å². The Morgan fingerprint density at radius 2 is 2.04 bits per heavy atom. The molecule has 1 fully saturated rings. The number of thioether (sulfide) groups is 1. The third-order valence-corrected chi connectivity index (χ3v) is 8.63. The van der Waals surface area contributed by atoms with Gasteiger partial charge in [0.15, 0.2) is 5.16 Å². The minimum atomic E-state index is -3.76. The Hall–Kier alpha value is -1.17. The first-order valence-electron chi connectivity index (χ1n) is 7.91. The standard InChI is InChI=1S/C15H17BrN4O3S3/c16-11-4-5-13(25-11)26(22,23)10-8-18-15(19-14(10)17)24-9-12(21)20-6-2-1-3-7-20/h4-5,8H,1-3,6-7,9H2,(H2,17,18,19). The number of carbonyl (C=O) groups is 1. The zero-order valence-corrected chi connectivity index (χ0v) is 17.8. The molecule has 0 bridgehead atoms. The maximum absolute atomic E-state index is 12.6. The fraction of sp³-hybridized carbons (Fsp3) is 0.400. The zero-order valence-electron chi connectivity index (χ0n) is 13.7. The van der Waals surface area contributed by atoms with Crippen LogP contribution in [-0.2, 0) is 14.6 Å². The molecule has 7 nitrogen and oxygen atoms in total. The molecule has 3 rings (SSSR count). The maximum atomic E-state index is 12.6. The number of amides is 1. The highest BCUT2D eigenvalue weighted by Gasteiger charge is 2.24. The van der Waals surface area contributed by atoms with E-state index in [2.05, 4.69) is 25.9 Å². The van der Waals surface area contributed by atoms with Gasteiger partial charge in [-0.2, -0.15) is 0 Å². The van der Waals surface area contributed by atoms with Gasteiger partial charge in [0.25, 0.3) is 0 Å². The van der Waals surface area contributed by atoms with E-state index < -0.39 is 9.84 Å². The van der Waals surface area contributed by atoms with Gasteiger partial charge in [-0.3, -0.25) is 4.79 Å². The Morgan fingerprint density at radius 3 is 2.65 bits per heavy atom. The molecule has 140 valence electrons. The molecule has 2 aromatic rings. The number of anilines is 1. The minimum absolute atomic E-state index is 0.0389. The van der Waals surface area contributed by atoms with Crippen molar-refractivity contribution in [3.05, 3.63) is 22.1 Å². The Balaban J connectivity index is 1.70. The Morgan fingerprint density at radius 1 is 1.31 bits per heavy atom. The number of piperidine rings is 1. The van der Waals surface area contributed by atoms with Crippen LogP contribution in [0.5, 0.6) is 0 Å². The number of carbonyl (C=O) groups excluding carboxylic acids is 1. The van der Waals surface area contributed by atoms with Gasteiger partial charge in [0.2, 0.25) is 15.7 Å². The van der Waals surface area contributed by atoms with Crippen molar-refractivity contribution in [2.24, 2.45) is 0 Å². The summed E-state index contributed by atoms with van der Waals surface area (Å²) in [5, 5.41) is 0.291. The average Bonchev–Trinajstić information content (AvgIpc) is 3.07. The van der Waals surface area contributed by atoms with Crippen molar-refractivity contribution in [1.82, 2.24) is 14.9 Å². The summed E-state index contributed by atoms with van der Waals surface area (Å²) in [6, 6.07) is 3.16. The van der Waals surface area contributed by atoms with Gasteiger partial charge in [0.1, 0.15) is 14.9 Å². The van der Waals surface area contributed by atoms with Crippen molar-refractivity contribution >= 4 is 60.6 Å². The second kappa shape index (κ2) is 8.24. The van der Waals surface area contributed by atoms with Crippen LogP contribution >= 0.6 is 39.0 Å². The normalized spacial score (nSPS) is 15.2. The molecule has 0 aliphatic carbocycles. The molecule has 0 radical (unpaired) electrons. The van der Waals surface area contributed by atoms with Crippen LogP contribution in [0, 0.1) is 0 Å². The fourth-order valence-electron chi connectivity index (χ4n) is 2.55. The van der Waals surface area contributed by atoms with Crippen LogP contribution in [0.4, 0.5) is 5.82 Å². The maximum Gasteiger partial charge on any atom is 0.233 e. The van der Waals surface area contributed by atoms with E-state index in [1.807, 2.05) is 4.90 Å². The van der Waals surface area contributed by atoms with Crippen molar-refractivity contribution in [3.8, 4) is 0 Å². The van der Waals surface area contributed by atoms with Crippen molar-refractivity contribution in [2.75, 3.05) is 24.6 Å². The molecular weight excluding hydrogens is 460 g/mol. The molecule has 1 aliphatic rings. The van der Waals surface area contributed by atoms with E-state index in [-0.39, 0.29) is 26.6 Å². The molecule has 0 atom stereocenters. The van der Waals surface area contributed by atoms with Gasteiger partial charge in [-0.1, -0.05) is 11.8 Å². The molecule has 1 saturated heterocycles. The summed E-state index contributed by atoms with van der Waals surface area (Å²) in [6.45, 7) is 1.58. The number of hydrogen-bond donors (Lipinski definition) is 1. The van der Waals surface area contributed by atoms with E-state index in [4.69, 9.17) is 5.73 Å². The zero-order chi connectivity index (χ0) is 18.7. The second-order valence-corrected chi connectivity index (χ2v) is 11.2. The molecule has 2 N–H and O–H groups in total. The number of aromatic nitrogens is 2. The third kappa shape index (κ3) is 4.38. The van der Waals surface area contributed by atoms with Crippen LogP contribution in [0.1, 0.15) is 19.3 Å². The van der Waals surface area contributed by atoms with Gasteiger partial charge in [0, 0.05) is 13.1 Å². The number of rotatable bonds is 5. The average molecular weight is 477 g/mol. The van der Waals surface area contributed by atoms with E-state index in [0.29, 0.717) is 8.94 Å². The van der Waals surface area contributed by atoms with E-state index in [1.165, 1.54) is 12.3 Å². The number of nitrogens with two attached hydrogens (primary N) is 1.